The summed E-state index contributed by atoms with van der Waals surface area (Å²) >= 11 is 0. The van der Waals surface area contributed by atoms with Gasteiger partial charge in [-0.2, -0.15) is 14.0 Å². The summed E-state index contributed by atoms with van der Waals surface area (Å²) in [5.41, 5.74) is 2.62. The Morgan fingerprint density at radius 2 is 2.08 bits per heavy atom. The SMILES string of the molecule is CCC1(O[Cl+3]([O-])([O-])[O-])CCC[N+]2=C1c1[nH]c3ccc(OC)cc3c1CC2. The fourth-order valence-corrected chi connectivity index (χ4v) is 5.02. The molecule has 1 aromatic heterocycles. The molecule has 0 aliphatic carbocycles. The van der Waals surface area contributed by atoms with Crippen molar-refractivity contribution < 1.29 is 37.8 Å². The highest BCUT2D eigenvalue weighted by atomic mass is 35.7. The minimum absolute atomic E-state index is 0.408. The number of aromatic amines is 1. The zero-order chi connectivity index (χ0) is 18.5. The van der Waals surface area contributed by atoms with Crippen LogP contribution in [0.3, 0.4) is 0 Å². The van der Waals surface area contributed by atoms with Crippen LogP contribution in [0.5, 0.6) is 5.75 Å². The normalized spacial score (nSPS) is 23.1. The summed E-state index contributed by atoms with van der Waals surface area (Å²) < 4.78 is 47.0. The van der Waals surface area contributed by atoms with Crippen molar-refractivity contribution in [2.24, 2.45) is 0 Å². The number of H-pyrrole nitrogens is 1. The molecule has 140 valence electrons. The van der Waals surface area contributed by atoms with E-state index in [2.05, 4.69) is 9.56 Å². The number of nitrogens with one attached hydrogen (secondary N) is 1. The van der Waals surface area contributed by atoms with Gasteiger partial charge in [0.2, 0.25) is 5.71 Å². The summed E-state index contributed by atoms with van der Waals surface area (Å²) in [4.78, 5) is 3.43. The van der Waals surface area contributed by atoms with Crippen molar-refractivity contribution in [3.05, 3.63) is 29.5 Å². The number of ether oxygens (including phenoxy) is 1. The minimum Gasteiger partial charge on any atom is -0.497 e. The second-order valence-electron chi connectivity index (χ2n) is 6.88. The molecule has 0 radical (unpaired) electrons. The maximum atomic E-state index is 11.4. The predicted molar refractivity (Wildman–Crippen MR) is 86.0 cm³/mol. The highest BCUT2D eigenvalue weighted by molar-refractivity contribution is 6.08. The van der Waals surface area contributed by atoms with Gasteiger partial charge in [0.25, 0.3) is 0 Å². The van der Waals surface area contributed by atoms with E-state index in [1.54, 1.807) is 7.11 Å². The number of aromatic nitrogens is 1. The molecule has 1 unspecified atom stereocenters. The topological polar surface area (TPSA) is 106 Å². The van der Waals surface area contributed by atoms with Gasteiger partial charge in [-0.1, -0.05) is 6.92 Å². The lowest BCUT2D eigenvalue weighted by Gasteiger charge is -2.33. The van der Waals surface area contributed by atoms with E-state index in [0.717, 1.165) is 59.6 Å². The summed E-state index contributed by atoms with van der Waals surface area (Å²) in [5, 5.41) is 1.06. The van der Waals surface area contributed by atoms with Crippen LogP contribution < -0.4 is 18.7 Å². The Labute approximate surface area is 153 Å². The molecule has 1 aromatic carbocycles. The van der Waals surface area contributed by atoms with Gasteiger partial charge in [0, 0.05) is 36.6 Å². The lowest BCUT2D eigenvalue weighted by atomic mass is 9.81. The molecule has 0 bridgehead atoms. The summed E-state index contributed by atoms with van der Waals surface area (Å²) in [7, 11) is -2.89. The number of rotatable bonds is 4. The number of hydrogen-bond donors (Lipinski definition) is 1. The Balaban J connectivity index is 1.91. The first-order chi connectivity index (χ1) is 12.4. The maximum absolute atomic E-state index is 11.4. The summed E-state index contributed by atoms with van der Waals surface area (Å²) in [6, 6.07) is 5.83. The van der Waals surface area contributed by atoms with E-state index >= 15 is 0 Å². The van der Waals surface area contributed by atoms with E-state index in [9.17, 15) is 14.0 Å². The van der Waals surface area contributed by atoms with Gasteiger partial charge in [-0.15, -0.1) is 0 Å². The van der Waals surface area contributed by atoms with Gasteiger partial charge in [-0.25, -0.2) is 4.58 Å². The van der Waals surface area contributed by atoms with Crippen molar-refractivity contribution in [3.8, 4) is 5.75 Å². The number of nitrogens with zero attached hydrogens (tertiary/aromatic N) is 1. The largest absolute Gasteiger partial charge is 0.497 e. The first-order valence-electron chi connectivity index (χ1n) is 8.80. The molecule has 1 atom stereocenters. The molecule has 2 aliphatic rings. The first kappa shape index (κ1) is 17.8. The lowest BCUT2D eigenvalue weighted by Crippen LogP contribution is -2.67. The number of hydrogen-bond acceptors (Lipinski definition) is 5. The van der Waals surface area contributed by atoms with Crippen LogP contribution in [0.15, 0.2) is 18.2 Å². The molecule has 1 N–H and O–H groups in total. The molecule has 2 aromatic rings. The molecule has 0 fully saturated rings. The maximum Gasteiger partial charge on any atom is 0.307 e. The molecule has 3 heterocycles. The molecule has 0 amide bonds. The Kier molecular flexibility index (Phi) is 4.24. The van der Waals surface area contributed by atoms with Gasteiger partial charge >= 0.3 is 5.60 Å². The molecule has 0 saturated heterocycles. The van der Waals surface area contributed by atoms with E-state index in [4.69, 9.17) is 9.03 Å². The predicted octanol–water partition coefficient (Wildman–Crippen LogP) is -0.609. The smallest absolute Gasteiger partial charge is 0.307 e. The minimum atomic E-state index is -4.52. The van der Waals surface area contributed by atoms with Gasteiger partial charge in [-0.05, 0) is 23.8 Å². The number of methoxy groups -OCH3 is 1. The molecule has 26 heavy (non-hydrogen) atoms. The van der Waals surface area contributed by atoms with Crippen LogP contribution in [-0.2, 0) is 10.7 Å². The lowest BCUT2D eigenvalue weighted by molar-refractivity contribution is -1.92. The average molecular weight is 382 g/mol. The van der Waals surface area contributed by atoms with Crippen molar-refractivity contribution >= 4 is 16.6 Å². The Morgan fingerprint density at radius 1 is 1.27 bits per heavy atom. The second-order valence-corrected chi connectivity index (χ2v) is 7.79. The van der Waals surface area contributed by atoms with Crippen LogP contribution >= 0.6 is 0 Å². The molecule has 0 spiro atoms. The zero-order valence-electron chi connectivity index (χ0n) is 14.8. The molecule has 0 saturated carbocycles. The van der Waals surface area contributed by atoms with Crippen LogP contribution in [0.2, 0.25) is 0 Å². The third-order valence-electron chi connectivity index (χ3n) is 5.55. The van der Waals surface area contributed by atoms with Crippen molar-refractivity contribution in [2.75, 3.05) is 20.2 Å². The second kappa shape index (κ2) is 6.21. The monoisotopic (exact) mass is 381 g/mol. The van der Waals surface area contributed by atoms with Gasteiger partial charge in [0.15, 0.2) is 0 Å². The third-order valence-corrected chi connectivity index (χ3v) is 6.04. The van der Waals surface area contributed by atoms with Crippen molar-refractivity contribution in [2.45, 2.75) is 38.2 Å². The number of benzene rings is 1. The highest BCUT2D eigenvalue weighted by Crippen LogP contribution is 2.38. The molecular weight excluding hydrogens is 360 g/mol. The van der Waals surface area contributed by atoms with Crippen LogP contribution in [0, 0.1) is 10.2 Å². The van der Waals surface area contributed by atoms with Gasteiger partial charge < -0.3 is 9.72 Å². The Hall–Kier alpha value is -1.64. The zero-order valence-corrected chi connectivity index (χ0v) is 15.6. The third kappa shape index (κ3) is 2.80. The first-order valence-corrected chi connectivity index (χ1v) is 10.0. The van der Waals surface area contributed by atoms with Crippen molar-refractivity contribution in [1.82, 2.24) is 4.98 Å². The molecule has 7 nitrogen and oxygen atoms in total. The van der Waals surface area contributed by atoms with E-state index in [-0.39, 0.29) is 0 Å². The highest BCUT2D eigenvalue weighted by Gasteiger charge is 2.58. The van der Waals surface area contributed by atoms with E-state index in [1.165, 1.54) is 0 Å². The standard InChI is InChI=1S/C18H21ClN2O5/c1-3-18(26-19(22,23)24)8-4-9-21-10-7-13-14-11-12(25-2)5-6-15(14)20-16(13)17(18)21/h5-6,11H,3-4,7-10H2,1-2H3/p+1. The molecular formula is C18H22ClN2O5+. The van der Waals surface area contributed by atoms with Crippen molar-refractivity contribution in [3.63, 3.8) is 0 Å². The summed E-state index contributed by atoms with van der Waals surface area (Å²) in [6.45, 7) is 3.46. The number of fused-ring (bicyclic) bond motifs is 4. The molecule has 8 heteroatoms. The van der Waals surface area contributed by atoms with Gasteiger partial charge in [0.1, 0.15) is 24.5 Å². The van der Waals surface area contributed by atoms with Crippen LogP contribution in [0.25, 0.3) is 10.9 Å². The average Bonchev–Trinajstić information content (AvgIpc) is 2.97. The molecule has 2 aliphatic heterocycles. The van der Waals surface area contributed by atoms with Gasteiger partial charge in [0.05, 0.1) is 21.6 Å². The van der Waals surface area contributed by atoms with E-state index in [1.807, 2.05) is 25.1 Å². The Bertz CT molecular complexity index is 886. The van der Waals surface area contributed by atoms with Crippen molar-refractivity contribution in [1.29, 1.82) is 0 Å². The van der Waals surface area contributed by atoms with Crippen LogP contribution in [0.4, 0.5) is 0 Å². The fraction of sp³-hybridized carbons (Fsp3) is 0.500. The van der Waals surface area contributed by atoms with E-state index < -0.39 is 15.8 Å². The molecule has 4 rings (SSSR count). The quantitative estimate of drug-likeness (QED) is 0.711. The van der Waals surface area contributed by atoms with E-state index in [0.29, 0.717) is 12.8 Å². The van der Waals surface area contributed by atoms with Crippen LogP contribution in [-0.4, -0.2) is 41.1 Å². The summed E-state index contributed by atoms with van der Waals surface area (Å²) in [6.07, 6.45) is 2.53. The summed E-state index contributed by atoms with van der Waals surface area (Å²) in [5.74, 6) is 0.772. The van der Waals surface area contributed by atoms with Crippen LogP contribution in [0.1, 0.15) is 37.4 Å². The fourth-order valence-electron chi connectivity index (χ4n) is 4.40. The Morgan fingerprint density at radius 3 is 2.77 bits per heavy atom. The van der Waals surface area contributed by atoms with Gasteiger partial charge in [-0.3, -0.25) is 0 Å². The number of halogens is 1.